The zero-order valence-electron chi connectivity index (χ0n) is 13.7. The summed E-state index contributed by atoms with van der Waals surface area (Å²) < 4.78 is 4.98. The standard InChI is InChI=1S/C17H27N3O3/c21-16(8-10-19-17(22)15-7-5-14-23-15)18-9-6-13-20-11-3-1-2-4-12-20/h5,7,14H,1-4,6,8-13H2,(H,18,21)(H,19,22). The molecule has 0 bridgehead atoms. The molecule has 0 spiro atoms. The molecule has 2 N–H and O–H groups in total. The maximum Gasteiger partial charge on any atom is 0.286 e. The molecule has 0 aromatic carbocycles. The Morgan fingerprint density at radius 2 is 1.87 bits per heavy atom. The lowest BCUT2D eigenvalue weighted by atomic mass is 10.2. The van der Waals surface area contributed by atoms with Crippen molar-refractivity contribution in [2.75, 3.05) is 32.7 Å². The number of amides is 2. The summed E-state index contributed by atoms with van der Waals surface area (Å²) in [4.78, 5) is 25.8. The quantitative estimate of drug-likeness (QED) is 0.716. The lowest BCUT2D eigenvalue weighted by molar-refractivity contribution is -0.120. The van der Waals surface area contributed by atoms with Crippen LogP contribution in [0.5, 0.6) is 0 Å². The number of furan rings is 1. The summed E-state index contributed by atoms with van der Waals surface area (Å²) in [6.07, 6.45) is 7.99. The summed E-state index contributed by atoms with van der Waals surface area (Å²) >= 11 is 0. The first-order valence-corrected chi connectivity index (χ1v) is 8.56. The Morgan fingerprint density at radius 3 is 2.57 bits per heavy atom. The molecule has 1 aliphatic heterocycles. The third kappa shape index (κ3) is 6.86. The number of nitrogens with zero attached hydrogens (tertiary/aromatic N) is 1. The van der Waals surface area contributed by atoms with Gasteiger partial charge in [0.25, 0.3) is 5.91 Å². The molecule has 2 rings (SSSR count). The Labute approximate surface area is 137 Å². The highest BCUT2D eigenvalue weighted by atomic mass is 16.3. The summed E-state index contributed by atoms with van der Waals surface area (Å²) in [5.74, 6) is -0.0487. The third-order valence-corrected chi connectivity index (χ3v) is 4.05. The number of rotatable bonds is 8. The van der Waals surface area contributed by atoms with E-state index in [1.807, 2.05) is 0 Å². The Hall–Kier alpha value is -1.82. The second kappa shape index (κ2) is 10.0. The Kier molecular flexibility index (Phi) is 7.66. The highest BCUT2D eigenvalue weighted by Crippen LogP contribution is 2.09. The summed E-state index contributed by atoms with van der Waals surface area (Å²) in [7, 11) is 0. The highest BCUT2D eigenvalue weighted by Gasteiger charge is 2.10. The first-order chi connectivity index (χ1) is 11.3. The van der Waals surface area contributed by atoms with Crippen LogP contribution < -0.4 is 10.6 Å². The lowest BCUT2D eigenvalue weighted by Gasteiger charge is -2.19. The second-order valence-electron chi connectivity index (χ2n) is 5.94. The van der Waals surface area contributed by atoms with E-state index in [2.05, 4.69) is 15.5 Å². The molecule has 1 saturated heterocycles. The van der Waals surface area contributed by atoms with Gasteiger partial charge in [0.15, 0.2) is 5.76 Å². The number of carbonyl (C=O) groups is 2. The van der Waals surface area contributed by atoms with Gasteiger partial charge in [0, 0.05) is 19.5 Å². The molecule has 2 heterocycles. The van der Waals surface area contributed by atoms with Crippen LogP contribution in [0.25, 0.3) is 0 Å². The highest BCUT2D eigenvalue weighted by molar-refractivity contribution is 5.91. The lowest BCUT2D eigenvalue weighted by Crippen LogP contribution is -2.33. The van der Waals surface area contributed by atoms with Gasteiger partial charge >= 0.3 is 0 Å². The second-order valence-corrected chi connectivity index (χ2v) is 5.94. The number of hydrogen-bond donors (Lipinski definition) is 2. The summed E-state index contributed by atoms with van der Waals surface area (Å²) in [6, 6.07) is 3.25. The van der Waals surface area contributed by atoms with Gasteiger partial charge in [0.05, 0.1) is 6.26 Å². The summed E-state index contributed by atoms with van der Waals surface area (Å²) in [6.45, 7) is 4.44. The topological polar surface area (TPSA) is 74.6 Å². The zero-order valence-corrected chi connectivity index (χ0v) is 13.7. The van der Waals surface area contributed by atoms with Gasteiger partial charge in [-0.2, -0.15) is 0 Å². The van der Waals surface area contributed by atoms with Crippen molar-refractivity contribution in [1.29, 1.82) is 0 Å². The van der Waals surface area contributed by atoms with Crippen LogP contribution in [0.1, 0.15) is 49.1 Å². The van der Waals surface area contributed by atoms with Gasteiger partial charge in [0.2, 0.25) is 5.91 Å². The van der Waals surface area contributed by atoms with Crippen LogP contribution in [0.3, 0.4) is 0 Å². The van der Waals surface area contributed by atoms with Gasteiger partial charge in [0.1, 0.15) is 0 Å². The normalized spacial score (nSPS) is 15.8. The van der Waals surface area contributed by atoms with Crippen LogP contribution in [0.4, 0.5) is 0 Å². The van der Waals surface area contributed by atoms with Crippen molar-refractivity contribution in [3.8, 4) is 0 Å². The molecule has 0 unspecified atom stereocenters. The van der Waals surface area contributed by atoms with Crippen LogP contribution in [0.15, 0.2) is 22.8 Å². The SMILES string of the molecule is O=C(CCNC(=O)c1ccco1)NCCCN1CCCCCC1. The molecule has 0 saturated carbocycles. The molecule has 128 valence electrons. The van der Waals surface area contributed by atoms with Crippen LogP contribution in [0, 0.1) is 0 Å². The van der Waals surface area contributed by atoms with E-state index >= 15 is 0 Å². The van der Waals surface area contributed by atoms with Crippen molar-refractivity contribution < 1.29 is 14.0 Å². The van der Waals surface area contributed by atoms with Crippen LogP contribution in [-0.4, -0.2) is 49.4 Å². The number of carbonyl (C=O) groups excluding carboxylic acids is 2. The Balaban J connectivity index is 1.49. The van der Waals surface area contributed by atoms with E-state index in [0.717, 1.165) is 13.0 Å². The van der Waals surface area contributed by atoms with Gasteiger partial charge in [-0.3, -0.25) is 9.59 Å². The van der Waals surface area contributed by atoms with Crippen molar-refractivity contribution in [1.82, 2.24) is 15.5 Å². The monoisotopic (exact) mass is 321 g/mol. The van der Waals surface area contributed by atoms with E-state index in [1.165, 1.54) is 45.0 Å². The van der Waals surface area contributed by atoms with Crippen LogP contribution in [0.2, 0.25) is 0 Å². The Bertz CT molecular complexity index is 465. The fourth-order valence-corrected chi connectivity index (χ4v) is 2.76. The molecular weight excluding hydrogens is 294 g/mol. The molecule has 2 amide bonds. The predicted molar refractivity (Wildman–Crippen MR) is 88.2 cm³/mol. The number of nitrogens with one attached hydrogen (secondary N) is 2. The molecular formula is C17H27N3O3. The van der Waals surface area contributed by atoms with Gasteiger partial charge in [-0.25, -0.2) is 0 Å². The van der Waals surface area contributed by atoms with Crippen molar-refractivity contribution >= 4 is 11.8 Å². The van der Waals surface area contributed by atoms with E-state index in [0.29, 0.717) is 13.1 Å². The molecule has 23 heavy (non-hydrogen) atoms. The maximum absolute atomic E-state index is 11.7. The van der Waals surface area contributed by atoms with Crippen molar-refractivity contribution in [3.05, 3.63) is 24.2 Å². The minimum Gasteiger partial charge on any atom is -0.459 e. The fourth-order valence-electron chi connectivity index (χ4n) is 2.76. The molecule has 0 radical (unpaired) electrons. The number of likely N-dealkylation sites (tertiary alicyclic amines) is 1. The molecule has 6 heteroatoms. The minimum atomic E-state index is -0.288. The first kappa shape index (κ1) is 17.5. The Morgan fingerprint density at radius 1 is 1.09 bits per heavy atom. The van der Waals surface area contributed by atoms with Crippen molar-refractivity contribution in [2.24, 2.45) is 0 Å². The first-order valence-electron chi connectivity index (χ1n) is 8.56. The van der Waals surface area contributed by atoms with E-state index in [1.54, 1.807) is 12.1 Å². The van der Waals surface area contributed by atoms with E-state index in [-0.39, 0.29) is 24.0 Å². The molecule has 1 fully saturated rings. The van der Waals surface area contributed by atoms with Gasteiger partial charge < -0.3 is 20.0 Å². The predicted octanol–water partition coefficient (Wildman–Crippen LogP) is 1.78. The van der Waals surface area contributed by atoms with E-state index in [4.69, 9.17) is 4.42 Å². The molecule has 6 nitrogen and oxygen atoms in total. The molecule has 0 atom stereocenters. The molecule has 1 aromatic heterocycles. The largest absolute Gasteiger partial charge is 0.459 e. The zero-order chi connectivity index (χ0) is 16.3. The van der Waals surface area contributed by atoms with Gasteiger partial charge in [-0.05, 0) is 51.0 Å². The average molecular weight is 321 g/mol. The minimum absolute atomic E-state index is 0.0272. The van der Waals surface area contributed by atoms with Crippen molar-refractivity contribution in [3.63, 3.8) is 0 Å². The van der Waals surface area contributed by atoms with Crippen LogP contribution >= 0.6 is 0 Å². The number of hydrogen-bond acceptors (Lipinski definition) is 4. The smallest absolute Gasteiger partial charge is 0.286 e. The fraction of sp³-hybridized carbons (Fsp3) is 0.647. The molecule has 0 aliphatic carbocycles. The molecule has 1 aliphatic rings. The third-order valence-electron chi connectivity index (χ3n) is 4.05. The van der Waals surface area contributed by atoms with E-state index < -0.39 is 0 Å². The van der Waals surface area contributed by atoms with Crippen LogP contribution in [-0.2, 0) is 4.79 Å². The van der Waals surface area contributed by atoms with Gasteiger partial charge in [-0.1, -0.05) is 12.8 Å². The van der Waals surface area contributed by atoms with E-state index in [9.17, 15) is 9.59 Å². The summed E-state index contributed by atoms with van der Waals surface area (Å²) in [5.41, 5.74) is 0. The average Bonchev–Trinajstić information content (AvgIpc) is 2.96. The van der Waals surface area contributed by atoms with Crippen molar-refractivity contribution in [2.45, 2.75) is 38.5 Å². The summed E-state index contributed by atoms with van der Waals surface area (Å²) in [5, 5.41) is 5.57. The maximum atomic E-state index is 11.7. The molecule has 1 aromatic rings. The van der Waals surface area contributed by atoms with Gasteiger partial charge in [-0.15, -0.1) is 0 Å².